The summed E-state index contributed by atoms with van der Waals surface area (Å²) >= 11 is 3.26. The molecule has 1 N–H and O–H groups in total. The van der Waals surface area contributed by atoms with E-state index in [1.54, 1.807) is 24.1 Å². The van der Waals surface area contributed by atoms with Crippen molar-refractivity contribution in [3.05, 3.63) is 64.6 Å². The van der Waals surface area contributed by atoms with Crippen LogP contribution in [0.4, 0.5) is 0 Å². The van der Waals surface area contributed by atoms with Crippen molar-refractivity contribution in [2.75, 3.05) is 13.6 Å². The van der Waals surface area contributed by atoms with Crippen LogP contribution in [-0.2, 0) is 21.4 Å². The molecule has 2 aromatic carbocycles. The lowest BCUT2D eigenvalue weighted by molar-refractivity contribution is -0.130. The van der Waals surface area contributed by atoms with Crippen molar-refractivity contribution < 1.29 is 13.2 Å². The van der Waals surface area contributed by atoms with E-state index in [2.05, 4.69) is 20.7 Å². The Bertz CT molecular complexity index is 777. The molecule has 0 radical (unpaired) electrons. The van der Waals surface area contributed by atoms with Crippen LogP contribution in [0.25, 0.3) is 0 Å². The minimum atomic E-state index is -3.60. The minimum absolute atomic E-state index is 0.0658. The zero-order valence-corrected chi connectivity index (χ0v) is 15.7. The Kier molecular flexibility index (Phi) is 6.53. The van der Waals surface area contributed by atoms with E-state index in [4.69, 9.17) is 0 Å². The van der Waals surface area contributed by atoms with Crippen LogP contribution in [0.15, 0.2) is 64.0 Å². The van der Waals surface area contributed by atoms with Gasteiger partial charge in [0.25, 0.3) is 0 Å². The molecular weight excluding hydrogens is 392 g/mol. The first kappa shape index (κ1) is 18.6. The van der Waals surface area contributed by atoms with Crippen LogP contribution in [0, 0.1) is 0 Å². The number of hydrogen-bond acceptors (Lipinski definition) is 3. The van der Waals surface area contributed by atoms with Crippen molar-refractivity contribution in [1.82, 2.24) is 9.62 Å². The van der Waals surface area contributed by atoms with E-state index in [1.165, 1.54) is 12.1 Å². The molecule has 0 heterocycles. The Morgan fingerprint density at radius 1 is 1.08 bits per heavy atom. The molecule has 0 unspecified atom stereocenters. The first-order chi connectivity index (χ1) is 11.4. The molecule has 0 atom stereocenters. The number of halogens is 1. The van der Waals surface area contributed by atoms with Crippen LogP contribution >= 0.6 is 15.9 Å². The number of hydrogen-bond donors (Lipinski definition) is 1. The van der Waals surface area contributed by atoms with Crippen molar-refractivity contribution in [1.29, 1.82) is 0 Å². The van der Waals surface area contributed by atoms with Gasteiger partial charge in [-0.05, 0) is 29.8 Å². The van der Waals surface area contributed by atoms with E-state index in [0.29, 0.717) is 6.54 Å². The summed E-state index contributed by atoms with van der Waals surface area (Å²) < 4.78 is 27.5. The molecule has 128 valence electrons. The fraction of sp³-hybridized carbons (Fsp3) is 0.235. The summed E-state index contributed by atoms with van der Waals surface area (Å²) in [5, 5.41) is 0. The number of carbonyl (C=O) groups excluding carboxylic acids is 1. The van der Waals surface area contributed by atoms with E-state index >= 15 is 0 Å². The highest BCUT2D eigenvalue weighted by Gasteiger charge is 2.15. The standard InChI is InChI=1S/C17H19BrN2O3S/c1-20(13-14-5-3-2-4-6-14)17(21)11-12-19-24(22,23)16-9-7-15(18)8-10-16/h2-10,19H,11-13H2,1H3. The fourth-order valence-corrected chi connectivity index (χ4v) is 3.42. The maximum atomic E-state index is 12.1. The molecule has 5 nitrogen and oxygen atoms in total. The largest absolute Gasteiger partial charge is 0.341 e. The predicted octanol–water partition coefficient (Wildman–Crippen LogP) is 2.78. The zero-order valence-electron chi connectivity index (χ0n) is 13.3. The highest BCUT2D eigenvalue weighted by atomic mass is 79.9. The molecule has 0 bridgehead atoms. The summed E-state index contributed by atoms with van der Waals surface area (Å²) in [6.45, 7) is 0.565. The second-order valence-corrected chi connectivity index (χ2v) is 8.02. The molecule has 1 amide bonds. The number of rotatable bonds is 7. The SMILES string of the molecule is CN(Cc1ccccc1)C(=O)CCNS(=O)(=O)c1ccc(Br)cc1. The molecule has 24 heavy (non-hydrogen) atoms. The van der Waals surface area contributed by atoms with Crippen LogP contribution in [0.2, 0.25) is 0 Å². The Balaban J connectivity index is 1.84. The maximum absolute atomic E-state index is 12.1. The number of amides is 1. The summed E-state index contributed by atoms with van der Waals surface area (Å²) in [6.07, 6.45) is 0.110. The Labute approximate surface area is 150 Å². The van der Waals surface area contributed by atoms with E-state index in [9.17, 15) is 13.2 Å². The predicted molar refractivity (Wildman–Crippen MR) is 96.9 cm³/mol. The smallest absolute Gasteiger partial charge is 0.240 e. The Hall–Kier alpha value is -1.70. The first-order valence-corrected chi connectivity index (χ1v) is 9.69. The minimum Gasteiger partial charge on any atom is -0.341 e. The van der Waals surface area contributed by atoms with Crippen molar-refractivity contribution in [2.45, 2.75) is 17.9 Å². The molecule has 0 saturated heterocycles. The number of benzene rings is 2. The Morgan fingerprint density at radius 2 is 1.71 bits per heavy atom. The zero-order chi connectivity index (χ0) is 17.6. The van der Waals surface area contributed by atoms with Gasteiger partial charge in [-0.2, -0.15) is 0 Å². The lowest BCUT2D eigenvalue weighted by atomic mass is 10.2. The van der Waals surface area contributed by atoms with Crippen molar-refractivity contribution >= 4 is 31.9 Å². The van der Waals surface area contributed by atoms with Crippen LogP contribution in [0.1, 0.15) is 12.0 Å². The van der Waals surface area contributed by atoms with Crippen molar-refractivity contribution in [3.8, 4) is 0 Å². The normalized spacial score (nSPS) is 11.2. The Morgan fingerprint density at radius 3 is 2.33 bits per heavy atom. The molecule has 0 fully saturated rings. The van der Waals surface area contributed by atoms with Gasteiger partial charge in [-0.15, -0.1) is 0 Å². The van der Waals surface area contributed by atoms with E-state index < -0.39 is 10.0 Å². The molecule has 0 aliphatic carbocycles. The van der Waals surface area contributed by atoms with E-state index in [1.807, 2.05) is 30.3 Å². The third kappa shape index (κ3) is 5.43. The van der Waals surface area contributed by atoms with Gasteiger partial charge in [0.15, 0.2) is 0 Å². The van der Waals surface area contributed by atoms with Gasteiger partial charge in [-0.25, -0.2) is 13.1 Å². The average molecular weight is 411 g/mol. The summed E-state index contributed by atoms with van der Waals surface area (Å²) in [5.74, 6) is -0.114. The molecule has 0 aliphatic heterocycles. The van der Waals surface area contributed by atoms with Crippen molar-refractivity contribution in [3.63, 3.8) is 0 Å². The van der Waals surface area contributed by atoms with Gasteiger partial charge >= 0.3 is 0 Å². The topological polar surface area (TPSA) is 66.5 Å². The first-order valence-electron chi connectivity index (χ1n) is 7.41. The third-order valence-corrected chi connectivity index (χ3v) is 5.45. The second-order valence-electron chi connectivity index (χ2n) is 5.34. The fourth-order valence-electron chi connectivity index (χ4n) is 2.13. The lowest BCUT2D eigenvalue weighted by Crippen LogP contribution is -2.31. The average Bonchev–Trinajstić information content (AvgIpc) is 2.56. The summed E-state index contributed by atoms with van der Waals surface area (Å²) in [5.41, 5.74) is 1.03. The van der Waals surface area contributed by atoms with Crippen LogP contribution < -0.4 is 4.72 Å². The molecule has 0 aliphatic rings. The van der Waals surface area contributed by atoms with Gasteiger partial charge in [0.05, 0.1) is 4.90 Å². The molecule has 0 spiro atoms. The van der Waals surface area contributed by atoms with Gasteiger partial charge in [0.1, 0.15) is 0 Å². The number of nitrogens with zero attached hydrogens (tertiary/aromatic N) is 1. The quantitative estimate of drug-likeness (QED) is 0.762. The highest BCUT2D eigenvalue weighted by Crippen LogP contribution is 2.14. The number of carbonyl (C=O) groups is 1. The number of nitrogens with one attached hydrogen (secondary N) is 1. The third-order valence-electron chi connectivity index (χ3n) is 3.44. The monoisotopic (exact) mass is 410 g/mol. The van der Waals surface area contributed by atoms with Crippen LogP contribution in [0.5, 0.6) is 0 Å². The second kappa shape index (κ2) is 8.41. The van der Waals surface area contributed by atoms with Gasteiger partial charge in [-0.1, -0.05) is 46.3 Å². The van der Waals surface area contributed by atoms with Gasteiger partial charge in [-0.3, -0.25) is 4.79 Å². The molecular formula is C17H19BrN2O3S. The lowest BCUT2D eigenvalue weighted by Gasteiger charge is -2.17. The van der Waals surface area contributed by atoms with Crippen LogP contribution in [-0.4, -0.2) is 32.8 Å². The number of sulfonamides is 1. The molecule has 7 heteroatoms. The molecule has 0 aromatic heterocycles. The molecule has 2 aromatic rings. The maximum Gasteiger partial charge on any atom is 0.240 e. The highest BCUT2D eigenvalue weighted by molar-refractivity contribution is 9.10. The summed E-state index contributed by atoms with van der Waals surface area (Å²) in [6, 6.07) is 16.0. The summed E-state index contributed by atoms with van der Waals surface area (Å²) in [7, 11) is -1.89. The molecule has 0 saturated carbocycles. The van der Waals surface area contributed by atoms with Gasteiger partial charge < -0.3 is 4.90 Å². The van der Waals surface area contributed by atoms with Crippen LogP contribution in [0.3, 0.4) is 0 Å². The van der Waals surface area contributed by atoms with Crippen molar-refractivity contribution in [2.24, 2.45) is 0 Å². The van der Waals surface area contributed by atoms with Gasteiger partial charge in [0, 0.05) is 31.0 Å². The van der Waals surface area contributed by atoms with E-state index in [0.717, 1.165) is 10.0 Å². The van der Waals surface area contributed by atoms with Gasteiger partial charge in [0.2, 0.25) is 15.9 Å². The molecule has 2 rings (SSSR count). The van der Waals surface area contributed by atoms with E-state index in [-0.39, 0.29) is 23.8 Å². The summed E-state index contributed by atoms with van der Waals surface area (Å²) in [4.78, 5) is 13.9.